The molecule has 0 aromatic carbocycles. The zero-order valence-electron chi connectivity index (χ0n) is 11.9. The van der Waals surface area contributed by atoms with Crippen molar-refractivity contribution in [2.45, 2.75) is 51.6 Å². The average molecular weight is 284 g/mol. The first-order valence-electron chi connectivity index (χ1n) is 6.77. The summed E-state index contributed by atoms with van der Waals surface area (Å²) in [5, 5.41) is 17.0. The van der Waals surface area contributed by atoms with Crippen LogP contribution in [0.1, 0.15) is 51.0 Å². The minimum atomic E-state index is -0.355. The number of urea groups is 1. The van der Waals surface area contributed by atoms with E-state index < -0.39 is 0 Å². The lowest BCUT2D eigenvalue weighted by Gasteiger charge is -2.30. The maximum atomic E-state index is 12.1. The molecule has 5 heteroatoms. The van der Waals surface area contributed by atoms with Gasteiger partial charge in [-0.25, -0.2) is 4.79 Å². The van der Waals surface area contributed by atoms with E-state index in [-0.39, 0.29) is 24.2 Å². The van der Waals surface area contributed by atoms with Crippen molar-refractivity contribution in [1.29, 1.82) is 0 Å². The number of carbonyl (C=O) groups is 1. The second-order valence-electron chi connectivity index (χ2n) is 4.96. The van der Waals surface area contributed by atoms with E-state index >= 15 is 0 Å². The van der Waals surface area contributed by atoms with Crippen LogP contribution in [0.4, 0.5) is 4.79 Å². The van der Waals surface area contributed by atoms with Crippen LogP contribution in [0, 0.1) is 0 Å². The van der Waals surface area contributed by atoms with Crippen LogP contribution >= 0.6 is 11.3 Å². The van der Waals surface area contributed by atoms with Gasteiger partial charge in [-0.05, 0) is 37.6 Å². The molecule has 1 rings (SSSR count). The monoisotopic (exact) mass is 284 g/mol. The molecule has 3 N–H and O–H groups in total. The van der Waals surface area contributed by atoms with Gasteiger partial charge in [0.15, 0.2) is 0 Å². The molecule has 19 heavy (non-hydrogen) atoms. The SMILES string of the molecule is CCC(NC(=O)NC(C)(CC)CCO)c1cccs1. The summed E-state index contributed by atoms with van der Waals surface area (Å²) < 4.78 is 0. The molecule has 1 heterocycles. The van der Waals surface area contributed by atoms with Crippen LogP contribution in [0.25, 0.3) is 0 Å². The number of amides is 2. The second-order valence-corrected chi connectivity index (χ2v) is 5.94. The molecule has 0 aliphatic heterocycles. The van der Waals surface area contributed by atoms with Crippen LogP contribution in [0.3, 0.4) is 0 Å². The quantitative estimate of drug-likeness (QED) is 0.720. The van der Waals surface area contributed by atoms with Crippen molar-refractivity contribution in [3.05, 3.63) is 22.4 Å². The normalized spacial score (nSPS) is 15.6. The summed E-state index contributed by atoms with van der Waals surface area (Å²) in [5.74, 6) is 0. The molecule has 0 saturated carbocycles. The number of hydrogen-bond acceptors (Lipinski definition) is 3. The third kappa shape index (κ3) is 4.84. The van der Waals surface area contributed by atoms with E-state index in [0.29, 0.717) is 6.42 Å². The van der Waals surface area contributed by atoms with Crippen molar-refractivity contribution >= 4 is 17.4 Å². The highest BCUT2D eigenvalue weighted by atomic mass is 32.1. The lowest BCUT2D eigenvalue weighted by Crippen LogP contribution is -2.51. The van der Waals surface area contributed by atoms with Crippen LogP contribution in [0.2, 0.25) is 0 Å². The standard InChI is InChI=1S/C14H24N2O2S/c1-4-11(12-7-6-10-19-12)15-13(18)16-14(3,5-2)8-9-17/h6-7,10-11,17H,4-5,8-9H2,1-3H3,(H2,15,16,18). The van der Waals surface area contributed by atoms with Gasteiger partial charge >= 0.3 is 6.03 Å². The summed E-state index contributed by atoms with van der Waals surface area (Å²) in [7, 11) is 0. The van der Waals surface area contributed by atoms with Gasteiger partial charge in [0.25, 0.3) is 0 Å². The van der Waals surface area contributed by atoms with Crippen molar-refractivity contribution in [1.82, 2.24) is 10.6 Å². The molecule has 0 aliphatic carbocycles. The Kier molecular flexibility index (Phi) is 6.31. The van der Waals surface area contributed by atoms with Crippen molar-refractivity contribution < 1.29 is 9.90 Å². The first kappa shape index (κ1) is 16.0. The molecule has 2 amide bonds. The molecule has 2 unspecified atom stereocenters. The Hall–Kier alpha value is -1.07. The van der Waals surface area contributed by atoms with Gasteiger partial charge in [-0.15, -0.1) is 11.3 Å². The molecule has 0 radical (unpaired) electrons. The molecule has 2 atom stereocenters. The number of nitrogens with one attached hydrogen (secondary N) is 2. The molecule has 4 nitrogen and oxygen atoms in total. The Morgan fingerprint density at radius 1 is 1.53 bits per heavy atom. The smallest absolute Gasteiger partial charge is 0.315 e. The van der Waals surface area contributed by atoms with Crippen molar-refractivity contribution in [3.8, 4) is 0 Å². The van der Waals surface area contributed by atoms with Crippen LogP contribution in [-0.4, -0.2) is 23.3 Å². The Morgan fingerprint density at radius 3 is 2.74 bits per heavy atom. The molecule has 108 valence electrons. The minimum Gasteiger partial charge on any atom is -0.396 e. The fourth-order valence-electron chi connectivity index (χ4n) is 1.91. The summed E-state index contributed by atoms with van der Waals surface area (Å²) >= 11 is 1.65. The summed E-state index contributed by atoms with van der Waals surface area (Å²) in [6.45, 7) is 6.09. The second kappa shape index (κ2) is 7.50. The maximum absolute atomic E-state index is 12.1. The molecule has 1 aromatic rings. The van der Waals surface area contributed by atoms with Crippen LogP contribution in [0.15, 0.2) is 17.5 Å². The van der Waals surface area contributed by atoms with Gasteiger partial charge in [-0.1, -0.05) is 19.9 Å². The van der Waals surface area contributed by atoms with E-state index in [1.54, 1.807) is 11.3 Å². The van der Waals surface area contributed by atoms with E-state index in [9.17, 15) is 4.79 Å². The first-order chi connectivity index (χ1) is 9.04. The molecular weight excluding hydrogens is 260 g/mol. The number of aliphatic hydroxyl groups is 1. The van der Waals surface area contributed by atoms with Gasteiger partial charge in [-0.3, -0.25) is 0 Å². The lowest BCUT2D eigenvalue weighted by atomic mass is 9.95. The molecular formula is C14H24N2O2S. The Labute approximate surface area is 119 Å². The lowest BCUT2D eigenvalue weighted by molar-refractivity contribution is 0.198. The van der Waals surface area contributed by atoms with Crippen molar-refractivity contribution in [3.63, 3.8) is 0 Å². The fraction of sp³-hybridized carbons (Fsp3) is 0.643. The Bertz CT molecular complexity index is 381. The highest BCUT2D eigenvalue weighted by molar-refractivity contribution is 7.10. The van der Waals surface area contributed by atoms with Crippen molar-refractivity contribution in [2.24, 2.45) is 0 Å². The number of thiophene rings is 1. The summed E-state index contributed by atoms with van der Waals surface area (Å²) in [4.78, 5) is 13.2. The Balaban J connectivity index is 2.58. The average Bonchev–Trinajstić information content (AvgIpc) is 2.90. The van der Waals surface area contributed by atoms with E-state index in [4.69, 9.17) is 5.11 Å². The third-order valence-corrected chi connectivity index (χ3v) is 4.45. The molecule has 0 aliphatic rings. The van der Waals surface area contributed by atoms with Gasteiger partial charge in [0, 0.05) is 17.0 Å². The van der Waals surface area contributed by atoms with Gasteiger partial charge < -0.3 is 15.7 Å². The zero-order valence-corrected chi connectivity index (χ0v) is 12.7. The number of aliphatic hydroxyl groups excluding tert-OH is 1. The van der Waals surface area contributed by atoms with Crippen LogP contribution in [-0.2, 0) is 0 Å². The number of hydrogen-bond donors (Lipinski definition) is 3. The molecule has 0 fully saturated rings. The first-order valence-corrected chi connectivity index (χ1v) is 7.65. The maximum Gasteiger partial charge on any atom is 0.315 e. The molecule has 1 aromatic heterocycles. The van der Waals surface area contributed by atoms with E-state index in [2.05, 4.69) is 17.6 Å². The molecule has 0 saturated heterocycles. The minimum absolute atomic E-state index is 0.0511. The van der Waals surface area contributed by atoms with Crippen LogP contribution in [0.5, 0.6) is 0 Å². The number of carbonyl (C=O) groups excluding carboxylic acids is 1. The van der Waals surface area contributed by atoms with E-state index in [1.165, 1.54) is 0 Å². The third-order valence-electron chi connectivity index (χ3n) is 3.46. The molecule has 0 bridgehead atoms. The van der Waals surface area contributed by atoms with Gasteiger partial charge in [0.05, 0.1) is 6.04 Å². The summed E-state index contributed by atoms with van der Waals surface area (Å²) in [6.07, 6.45) is 2.21. The van der Waals surface area contributed by atoms with Gasteiger partial charge in [0.2, 0.25) is 0 Å². The number of rotatable bonds is 7. The highest BCUT2D eigenvalue weighted by Crippen LogP contribution is 2.22. The fourth-order valence-corrected chi connectivity index (χ4v) is 2.77. The van der Waals surface area contributed by atoms with E-state index in [1.807, 2.05) is 31.4 Å². The highest BCUT2D eigenvalue weighted by Gasteiger charge is 2.24. The largest absolute Gasteiger partial charge is 0.396 e. The molecule has 0 spiro atoms. The predicted molar refractivity (Wildman–Crippen MR) is 79.4 cm³/mol. The summed E-state index contributed by atoms with van der Waals surface area (Å²) in [5.41, 5.74) is -0.355. The van der Waals surface area contributed by atoms with Crippen LogP contribution < -0.4 is 10.6 Å². The topological polar surface area (TPSA) is 61.4 Å². The van der Waals surface area contributed by atoms with Crippen molar-refractivity contribution in [2.75, 3.05) is 6.61 Å². The van der Waals surface area contributed by atoms with E-state index in [0.717, 1.165) is 17.7 Å². The zero-order chi connectivity index (χ0) is 14.3. The predicted octanol–water partition coefficient (Wildman–Crippen LogP) is 3.05. The van der Waals surface area contributed by atoms with Gasteiger partial charge in [0.1, 0.15) is 0 Å². The Morgan fingerprint density at radius 2 is 2.26 bits per heavy atom. The summed E-state index contributed by atoms with van der Waals surface area (Å²) in [6, 6.07) is 3.91. The van der Waals surface area contributed by atoms with Gasteiger partial charge in [-0.2, -0.15) is 0 Å².